The molecule has 2 aromatic heterocycles. The molecular formula is C17H18FN3O2S2. The van der Waals surface area contributed by atoms with Crippen molar-refractivity contribution in [2.75, 3.05) is 25.5 Å². The molecule has 132 valence electrons. The van der Waals surface area contributed by atoms with Crippen LogP contribution in [0.1, 0.15) is 13.3 Å². The number of nitrogens with one attached hydrogen (secondary N) is 1. The van der Waals surface area contributed by atoms with E-state index in [1.165, 1.54) is 35.5 Å². The van der Waals surface area contributed by atoms with Crippen molar-refractivity contribution in [3.05, 3.63) is 30.3 Å². The summed E-state index contributed by atoms with van der Waals surface area (Å²) in [5, 5.41) is 4.08. The number of carbonyl (C=O) groups excluding carboxylic acids is 1. The number of thioether (sulfide) groups is 1. The Bertz CT molecular complexity index is 885. The van der Waals surface area contributed by atoms with Crippen molar-refractivity contribution in [3.63, 3.8) is 0 Å². The molecule has 0 saturated carbocycles. The second kappa shape index (κ2) is 8.55. The summed E-state index contributed by atoms with van der Waals surface area (Å²) in [6.07, 6.45) is 2.21. The van der Waals surface area contributed by atoms with E-state index in [1.807, 2.05) is 13.0 Å². The van der Waals surface area contributed by atoms with Crippen LogP contribution in [0.4, 0.5) is 4.39 Å². The predicted octanol–water partition coefficient (Wildman–Crippen LogP) is 3.62. The molecule has 0 radical (unpaired) electrons. The molecule has 0 spiro atoms. The van der Waals surface area contributed by atoms with Gasteiger partial charge in [0.25, 0.3) is 0 Å². The molecule has 1 amide bonds. The number of fused-ring (bicyclic) bond motifs is 3. The zero-order valence-corrected chi connectivity index (χ0v) is 15.4. The Morgan fingerprint density at radius 3 is 3.12 bits per heavy atom. The highest BCUT2D eigenvalue weighted by Gasteiger charge is 2.15. The molecule has 25 heavy (non-hydrogen) atoms. The van der Waals surface area contributed by atoms with Gasteiger partial charge in [0.2, 0.25) is 5.91 Å². The van der Waals surface area contributed by atoms with Crippen LogP contribution in [-0.4, -0.2) is 41.4 Å². The number of aromatic nitrogens is 2. The van der Waals surface area contributed by atoms with Gasteiger partial charge in [0.05, 0.1) is 21.4 Å². The van der Waals surface area contributed by atoms with Crippen LogP contribution in [0.5, 0.6) is 0 Å². The first-order valence-electron chi connectivity index (χ1n) is 7.99. The second-order valence-corrected chi connectivity index (χ2v) is 7.28. The molecule has 3 aromatic rings. The minimum atomic E-state index is -0.287. The van der Waals surface area contributed by atoms with Crippen LogP contribution in [0.15, 0.2) is 29.6 Å². The zero-order valence-electron chi connectivity index (χ0n) is 13.8. The summed E-state index contributed by atoms with van der Waals surface area (Å²) in [5.41, 5.74) is 0.604. The van der Waals surface area contributed by atoms with Crippen molar-refractivity contribution in [3.8, 4) is 0 Å². The lowest BCUT2D eigenvalue weighted by Gasteiger charge is -2.05. The Labute approximate surface area is 153 Å². The van der Waals surface area contributed by atoms with Crippen molar-refractivity contribution in [1.82, 2.24) is 15.3 Å². The number of ether oxygens (including phenoxy) is 1. The summed E-state index contributed by atoms with van der Waals surface area (Å²) in [4.78, 5) is 20.4. The number of benzene rings is 1. The third-order valence-corrected chi connectivity index (χ3v) is 5.80. The highest BCUT2D eigenvalue weighted by Crippen LogP contribution is 2.38. The average Bonchev–Trinajstić information content (AvgIpc) is 3.00. The Morgan fingerprint density at radius 1 is 1.40 bits per heavy atom. The smallest absolute Gasteiger partial charge is 0.230 e. The molecule has 0 fully saturated rings. The van der Waals surface area contributed by atoms with Gasteiger partial charge < -0.3 is 10.1 Å². The van der Waals surface area contributed by atoms with E-state index in [9.17, 15) is 9.18 Å². The van der Waals surface area contributed by atoms with Crippen LogP contribution in [0.3, 0.4) is 0 Å². The topological polar surface area (TPSA) is 64.1 Å². The highest BCUT2D eigenvalue weighted by molar-refractivity contribution is 8.00. The fourth-order valence-corrected chi connectivity index (χ4v) is 4.47. The molecule has 0 aliphatic heterocycles. The normalized spacial score (nSPS) is 11.3. The van der Waals surface area contributed by atoms with Crippen LogP contribution >= 0.6 is 23.1 Å². The third-order valence-electron chi connectivity index (χ3n) is 3.53. The van der Waals surface area contributed by atoms with E-state index in [0.717, 1.165) is 15.8 Å². The maximum atomic E-state index is 14.1. The molecule has 8 heteroatoms. The summed E-state index contributed by atoms with van der Waals surface area (Å²) < 4.78 is 21.0. The summed E-state index contributed by atoms with van der Waals surface area (Å²) in [7, 11) is 0. The molecule has 0 aliphatic rings. The minimum absolute atomic E-state index is 0.0550. The van der Waals surface area contributed by atoms with E-state index >= 15 is 0 Å². The first kappa shape index (κ1) is 18.0. The standard InChI is InChI=1S/C17H18FN3O2S2/c1-2-23-8-4-7-19-13(22)9-24-17-16-15(20-10-21-17)14-11(18)5-3-6-12(14)25-16/h3,5-6,10H,2,4,7-9H2,1H3,(H,19,22). The Kier molecular flexibility index (Phi) is 6.17. The van der Waals surface area contributed by atoms with Gasteiger partial charge in [0.15, 0.2) is 0 Å². The SMILES string of the molecule is CCOCCCNC(=O)CSc1ncnc2c1sc1cccc(F)c12. The quantitative estimate of drug-likeness (QED) is 0.368. The van der Waals surface area contributed by atoms with Gasteiger partial charge in [-0.3, -0.25) is 4.79 Å². The van der Waals surface area contributed by atoms with Crippen molar-refractivity contribution < 1.29 is 13.9 Å². The molecule has 0 saturated heterocycles. The fourth-order valence-electron chi connectivity index (χ4n) is 2.39. The highest BCUT2D eigenvalue weighted by atomic mass is 32.2. The van der Waals surface area contributed by atoms with E-state index in [-0.39, 0.29) is 17.5 Å². The molecule has 0 unspecified atom stereocenters. The maximum Gasteiger partial charge on any atom is 0.230 e. The molecule has 2 heterocycles. The monoisotopic (exact) mass is 379 g/mol. The van der Waals surface area contributed by atoms with Gasteiger partial charge in [0.1, 0.15) is 17.2 Å². The molecule has 0 aliphatic carbocycles. The number of halogens is 1. The molecule has 0 atom stereocenters. The van der Waals surface area contributed by atoms with Crippen molar-refractivity contribution in [2.45, 2.75) is 18.4 Å². The average molecular weight is 379 g/mol. The molecule has 1 aromatic carbocycles. The largest absolute Gasteiger partial charge is 0.382 e. The van der Waals surface area contributed by atoms with E-state index in [4.69, 9.17) is 4.74 Å². The van der Waals surface area contributed by atoms with E-state index in [2.05, 4.69) is 15.3 Å². The minimum Gasteiger partial charge on any atom is -0.382 e. The van der Waals surface area contributed by atoms with Crippen LogP contribution in [0.2, 0.25) is 0 Å². The number of thiophene rings is 1. The van der Waals surface area contributed by atoms with Crippen LogP contribution in [0, 0.1) is 5.82 Å². The van der Waals surface area contributed by atoms with Gasteiger partial charge in [-0.25, -0.2) is 14.4 Å². The fraction of sp³-hybridized carbons (Fsp3) is 0.353. The first-order chi connectivity index (χ1) is 12.2. The Hall–Kier alpha value is -1.77. The summed E-state index contributed by atoms with van der Waals surface area (Å²) >= 11 is 2.79. The van der Waals surface area contributed by atoms with E-state index in [1.54, 1.807) is 6.07 Å². The number of hydrogen-bond acceptors (Lipinski definition) is 6. The molecule has 0 bridgehead atoms. The Morgan fingerprint density at radius 2 is 2.28 bits per heavy atom. The lowest BCUT2D eigenvalue weighted by Crippen LogP contribution is -2.26. The first-order valence-corrected chi connectivity index (χ1v) is 9.80. The van der Waals surface area contributed by atoms with Crippen LogP contribution in [-0.2, 0) is 9.53 Å². The lowest BCUT2D eigenvalue weighted by molar-refractivity contribution is -0.118. The van der Waals surface area contributed by atoms with Crippen LogP contribution < -0.4 is 5.32 Å². The lowest BCUT2D eigenvalue weighted by atomic mass is 10.2. The summed E-state index contributed by atoms with van der Waals surface area (Å²) in [6.45, 7) is 3.86. The predicted molar refractivity (Wildman–Crippen MR) is 99.7 cm³/mol. The Balaban J connectivity index is 1.67. The van der Waals surface area contributed by atoms with Crippen molar-refractivity contribution >= 4 is 49.3 Å². The zero-order chi connectivity index (χ0) is 17.6. The van der Waals surface area contributed by atoms with Crippen molar-refractivity contribution in [1.29, 1.82) is 0 Å². The van der Waals surface area contributed by atoms with Gasteiger partial charge in [-0.15, -0.1) is 11.3 Å². The third kappa shape index (κ3) is 4.26. The van der Waals surface area contributed by atoms with Gasteiger partial charge in [0, 0.05) is 24.5 Å². The number of nitrogens with zero attached hydrogens (tertiary/aromatic N) is 2. The number of amides is 1. The van der Waals surface area contributed by atoms with E-state index < -0.39 is 0 Å². The molecular weight excluding hydrogens is 361 g/mol. The number of hydrogen-bond donors (Lipinski definition) is 1. The van der Waals surface area contributed by atoms with Gasteiger partial charge in [-0.2, -0.15) is 0 Å². The second-order valence-electron chi connectivity index (χ2n) is 5.26. The van der Waals surface area contributed by atoms with Crippen molar-refractivity contribution in [2.24, 2.45) is 0 Å². The summed E-state index contributed by atoms with van der Waals surface area (Å²) in [6, 6.07) is 4.98. The van der Waals surface area contributed by atoms with Gasteiger partial charge in [-0.1, -0.05) is 17.8 Å². The van der Waals surface area contributed by atoms with E-state index in [0.29, 0.717) is 35.7 Å². The maximum absolute atomic E-state index is 14.1. The van der Waals surface area contributed by atoms with Gasteiger partial charge >= 0.3 is 0 Å². The summed E-state index contributed by atoms with van der Waals surface area (Å²) in [5.74, 6) is -0.0803. The number of rotatable bonds is 8. The molecule has 3 rings (SSSR count). The molecule has 1 N–H and O–H groups in total. The number of carbonyl (C=O) groups is 1. The van der Waals surface area contributed by atoms with Gasteiger partial charge in [-0.05, 0) is 25.5 Å². The molecule has 5 nitrogen and oxygen atoms in total. The van der Waals surface area contributed by atoms with Crippen LogP contribution in [0.25, 0.3) is 20.3 Å².